The molecule has 8 aliphatic carbocycles. The van der Waals surface area contributed by atoms with E-state index in [9.17, 15) is 0 Å². The maximum atomic E-state index is 5.33. The zero-order chi connectivity index (χ0) is 36.4. The summed E-state index contributed by atoms with van der Waals surface area (Å²) in [4.78, 5) is 18.7. The van der Waals surface area contributed by atoms with Crippen LogP contribution < -0.4 is 10.9 Å². The summed E-state index contributed by atoms with van der Waals surface area (Å²) in [6.45, 7) is 14.0. The Hall–Kier alpha value is 0.113. The van der Waals surface area contributed by atoms with Gasteiger partial charge < -0.3 is 0 Å². The molecule has 2 aromatic heterocycles. The normalized spacial score (nSPS) is 70.4. The van der Waals surface area contributed by atoms with Crippen molar-refractivity contribution < 1.29 is 6.51 Å². The summed E-state index contributed by atoms with van der Waals surface area (Å²) in [5.74, 6) is 9.03. The topological polar surface area (TPSA) is 25.8 Å². The molecule has 18 fully saturated rings. The van der Waals surface area contributed by atoms with Crippen LogP contribution in [0.4, 0.5) is 0 Å². The predicted molar refractivity (Wildman–Crippen MR) is 233 cm³/mol. The third-order valence-corrected chi connectivity index (χ3v) is 100. The van der Waals surface area contributed by atoms with Gasteiger partial charge in [-0.2, -0.15) is 0 Å². The van der Waals surface area contributed by atoms with E-state index in [2.05, 4.69) is 88.1 Å². The first-order valence-corrected chi connectivity index (χ1v) is 40.0. The third-order valence-electron chi connectivity index (χ3n) is 29.7. The zero-order valence-corrected chi connectivity index (χ0v) is 39.4. The van der Waals surface area contributed by atoms with Gasteiger partial charge in [-0.1, -0.05) is 0 Å². The van der Waals surface area contributed by atoms with Gasteiger partial charge in [-0.3, -0.25) is 0 Å². The summed E-state index contributed by atoms with van der Waals surface area (Å²) in [5, 5.41) is 0. The van der Waals surface area contributed by atoms with Gasteiger partial charge in [0.05, 0.1) is 0 Å². The number of rotatable bonds is 10. The van der Waals surface area contributed by atoms with Gasteiger partial charge in [-0.05, 0) is 0 Å². The Morgan fingerprint density at radius 1 is 0.582 bits per heavy atom. The Kier molecular flexibility index (Phi) is 3.24. The molecular weight excluding hydrogens is 779 g/mol. The molecule has 55 heavy (non-hydrogen) atoms. The molecule has 1 spiro atoms. The van der Waals surface area contributed by atoms with Crippen molar-refractivity contribution in [2.24, 2.45) is 47.3 Å². The van der Waals surface area contributed by atoms with Gasteiger partial charge in [0, 0.05) is 0 Å². The van der Waals surface area contributed by atoms with Crippen LogP contribution in [0.1, 0.15) is 64.2 Å². The molecule has 2 nitrogen and oxygen atoms in total. The molecule has 0 radical (unpaired) electrons. The number of hydrogen-bond donors (Lipinski definition) is 0. The molecule has 2 aromatic rings. The van der Waals surface area contributed by atoms with Crippen molar-refractivity contribution >= 4 is 42.9 Å². The molecule has 7 heteroatoms. The Balaban J connectivity index is 0.908. The fraction of sp³-hybridized carbons (Fsp3) is 0.792. The predicted octanol–water partition coefficient (Wildman–Crippen LogP) is 12.7. The molecule has 0 N–H and O–H groups in total. The van der Waals surface area contributed by atoms with E-state index in [0.717, 1.165) is 63.8 Å². The van der Waals surface area contributed by atoms with Crippen LogP contribution in [0.15, 0.2) is 48.8 Å². The van der Waals surface area contributed by atoms with Gasteiger partial charge in [0.15, 0.2) is 0 Å². The summed E-state index contributed by atoms with van der Waals surface area (Å²) < 4.78 is 3.63. The van der Waals surface area contributed by atoms with Crippen LogP contribution in [-0.2, 0) is 6.51 Å². The van der Waals surface area contributed by atoms with E-state index >= 15 is 0 Å². The molecule has 5 unspecified atom stereocenters. The van der Waals surface area contributed by atoms with Crippen LogP contribution in [0.25, 0.3) is 0 Å². The summed E-state index contributed by atoms with van der Waals surface area (Å²) in [6.07, 6.45) is 24.4. The van der Waals surface area contributed by atoms with Crippen molar-refractivity contribution in [2.75, 3.05) is 12.3 Å². The van der Waals surface area contributed by atoms with Crippen LogP contribution >= 0.6 is 15.8 Å². The standard InChI is InChI=1S/C43H61N2P2Si2.C5H5.Fe/c1-48(2,3)38-25-36(26-46(39-11-7-9-13-44-39)40-12-8-10-14-45-40)37(43(38)49(4,5)6)27-47(41-32-17-28-15-29(19-32)20-33(41)18-28)42-34-21-30-16-31(23-34)24-35(42)22-30;1-2-4-5-3-1;/h7-14,25,28-35,41-42H,15-24,26-27H2,1-6H3;1-5H;. The molecule has 10 saturated heterocycles. The zero-order valence-electron chi connectivity index (χ0n) is 34.5. The van der Waals surface area contributed by atoms with E-state index < -0.39 is 30.6 Å². The number of nitrogens with zero attached hydrogens (tertiary/aromatic N) is 2. The van der Waals surface area contributed by atoms with Crippen LogP contribution in [0, 0.1) is 47.3 Å². The molecule has 18 aliphatic rings. The van der Waals surface area contributed by atoms with E-state index in [4.69, 9.17) is 9.97 Å². The maximum absolute atomic E-state index is 5.33. The number of pyridine rings is 2. The van der Waals surface area contributed by atoms with Gasteiger partial charge >= 0.3 is 328 Å². The minimum absolute atomic E-state index is 0.0795. The number of aromatic nitrogens is 2. The van der Waals surface area contributed by atoms with Gasteiger partial charge in [-0.25, -0.2) is 0 Å². The molecule has 10 aliphatic heterocycles. The average Bonchev–Trinajstić information content (AvgIpc) is 4.09. The summed E-state index contributed by atoms with van der Waals surface area (Å²) in [7, 11) is -3.42. The minimum atomic E-state index is -4.32. The van der Waals surface area contributed by atoms with Crippen molar-refractivity contribution in [1.29, 1.82) is 0 Å². The molecule has 0 amide bonds. The monoisotopic (exact) mass is 844 g/mol. The average molecular weight is 845 g/mol. The van der Waals surface area contributed by atoms with Crippen LogP contribution in [0.2, 0.25) is 84.7 Å². The third kappa shape index (κ3) is 1.07. The fourth-order valence-electron chi connectivity index (χ4n) is 34.7. The van der Waals surface area contributed by atoms with Crippen molar-refractivity contribution in [3.05, 3.63) is 48.8 Å². The van der Waals surface area contributed by atoms with Crippen LogP contribution in [0.3, 0.4) is 0 Å². The first-order valence-electron chi connectivity index (χ1n) is 23.8. The Labute approximate surface area is 326 Å². The molecule has 12 heterocycles. The summed E-state index contributed by atoms with van der Waals surface area (Å²) in [6, 6.07) is 14.0. The first-order chi connectivity index (χ1) is 26.2. The van der Waals surface area contributed by atoms with E-state index in [1.165, 1.54) is 51.1 Å². The van der Waals surface area contributed by atoms with Crippen LogP contribution in [0.5, 0.6) is 0 Å². The Morgan fingerprint density at radius 3 is 1.36 bits per heavy atom. The summed E-state index contributed by atoms with van der Waals surface area (Å²) in [5.41, 5.74) is 5.24. The SMILES string of the molecule is C[Si](C)(C)[C]12[CH]3[C]4(CP(c5ccccn5)c5ccccn5)[C]5(CP(C6C7CC8CC(C7)CC6C8)C6C7CC8CC(C7)CC6C8)[C]1([Si](C)(C)C)[Fe]34521678[CH]2[CH]1[CH]6[CH]7[CH]28. The van der Waals surface area contributed by atoms with E-state index in [-0.39, 0.29) is 7.92 Å². The molecule has 20 rings (SSSR count). The molecule has 8 bridgehead atoms. The van der Waals surface area contributed by atoms with Crippen molar-refractivity contribution in [2.45, 2.75) is 160 Å². The van der Waals surface area contributed by atoms with Gasteiger partial charge in [0.1, 0.15) is 0 Å². The Bertz CT molecular complexity index is 2470. The quantitative estimate of drug-likeness (QED) is 0.176. The second-order valence-electron chi connectivity index (χ2n) is 28.2. The fourth-order valence-corrected chi connectivity index (χ4v) is 184. The van der Waals surface area contributed by atoms with Gasteiger partial charge in [-0.15, -0.1) is 0 Å². The van der Waals surface area contributed by atoms with Crippen LogP contribution in [-0.4, -0.2) is 49.8 Å². The molecular formula is C48H66FeN2P2Si2. The Morgan fingerprint density at radius 2 is 1.02 bits per heavy atom. The van der Waals surface area contributed by atoms with E-state index in [1.54, 1.807) is 70.4 Å². The van der Waals surface area contributed by atoms with Gasteiger partial charge in [0.2, 0.25) is 0 Å². The molecule has 294 valence electrons. The van der Waals surface area contributed by atoms with E-state index in [0.29, 0.717) is 0 Å². The first kappa shape index (κ1) is 31.0. The molecule has 8 saturated carbocycles. The number of hydrogen-bond acceptors (Lipinski definition) is 2. The van der Waals surface area contributed by atoms with E-state index in [1.807, 2.05) is 6.16 Å². The second-order valence-corrected chi connectivity index (χ2v) is 67.1. The summed E-state index contributed by atoms with van der Waals surface area (Å²) >= 11 is 0. The van der Waals surface area contributed by atoms with Crippen molar-refractivity contribution in [3.8, 4) is 0 Å². The second kappa shape index (κ2) is 5.74. The molecule has 5 atom stereocenters. The number of fused-ring (bicyclic) bond motifs is 10. The van der Waals surface area contributed by atoms with Crippen molar-refractivity contribution in [3.63, 3.8) is 0 Å². The van der Waals surface area contributed by atoms with Crippen molar-refractivity contribution in [1.82, 2.24) is 9.97 Å². The molecule has 0 aromatic carbocycles. The van der Waals surface area contributed by atoms with Gasteiger partial charge in [0.25, 0.3) is 0 Å².